The van der Waals surface area contributed by atoms with Crippen LogP contribution in [0.2, 0.25) is 0 Å². The highest BCUT2D eigenvalue weighted by Gasteiger charge is 2.15. The van der Waals surface area contributed by atoms with Gasteiger partial charge in [0, 0.05) is 6.54 Å². The van der Waals surface area contributed by atoms with Crippen molar-refractivity contribution in [2.75, 3.05) is 20.1 Å². The minimum atomic E-state index is 0.668. The summed E-state index contributed by atoms with van der Waals surface area (Å²) in [6.07, 6.45) is 8.73. The van der Waals surface area contributed by atoms with E-state index >= 15 is 0 Å². The molecule has 0 aliphatic heterocycles. The van der Waals surface area contributed by atoms with Crippen LogP contribution >= 0.6 is 0 Å². The van der Waals surface area contributed by atoms with Crippen LogP contribution in [-0.4, -0.2) is 25.0 Å². The summed E-state index contributed by atoms with van der Waals surface area (Å²) in [5, 5.41) is 0. The summed E-state index contributed by atoms with van der Waals surface area (Å²) in [5.74, 6) is 2.71. The fraction of sp³-hybridized carbons (Fsp3) is 0.200. The summed E-state index contributed by atoms with van der Waals surface area (Å²) < 4.78 is 0. The molecule has 0 saturated carbocycles. The molecule has 1 heteroatoms. The molecule has 2 aromatic carbocycles. The van der Waals surface area contributed by atoms with Crippen molar-refractivity contribution in [1.29, 1.82) is 0 Å². The maximum absolute atomic E-state index is 5.43. The van der Waals surface area contributed by atoms with Gasteiger partial charge in [-0.1, -0.05) is 54.5 Å². The van der Waals surface area contributed by atoms with Crippen LogP contribution in [0.25, 0.3) is 11.6 Å². The van der Waals surface area contributed by atoms with E-state index in [1.54, 1.807) is 0 Å². The average molecular weight is 273 g/mol. The minimum absolute atomic E-state index is 0.668. The van der Waals surface area contributed by atoms with Crippen molar-refractivity contribution in [3.8, 4) is 12.3 Å². The van der Waals surface area contributed by atoms with E-state index in [0.717, 1.165) is 13.0 Å². The first kappa shape index (κ1) is 13.7. The summed E-state index contributed by atoms with van der Waals surface area (Å²) >= 11 is 0. The van der Waals surface area contributed by atoms with Crippen LogP contribution < -0.4 is 0 Å². The Morgan fingerprint density at radius 3 is 2.57 bits per heavy atom. The topological polar surface area (TPSA) is 3.24 Å². The lowest BCUT2D eigenvalue weighted by Gasteiger charge is -2.17. The molecule has 0 fully saturated rings. The number of fused-ring (bicyclic) bond motifs is 2. The third-order valence-corrected chi connectivity index (χ3v) is 3.93. The number of hydrogen-bond acceptors (Lipinski definition) is 1. The lowest BCUT2D eigenvalue weighted by Crippen LogP contribution is -2.21. The molecule has 0 unspecified atom stereocenters. The van der Waals surface area contributed by atoms with Gasteiger partial charge in [-0.15, -0.1) is 6.42 Å². The molecule has 3 rings (SSSR count). The van der Waals surface area contributed by atoms with Crippen LogP contribution in [0.15, 0.2) is 48.5 Å². The number of benzene rings is 2. The number of nitrogens with zero attached hydrogens (tertiary/aromatic N) is 1. The van der Waals surface area contributed by atoms with E-state index in [0.29, 0.717) is 6.54 Å². The molecule has 0 saturated heterocycles. The van der Waals surface area contributed by atoms with Crippen molar-refractivity contribution >= 4 is 11.6 Å². The van der Waals surface area contributed by atoms with Crippen LogP contribution in [0, 0.1) is 12.3 Å². The normalized spacial score (nSPS) is 12.9. The van der Waals surface area contributed by atoms with Crippen LogP contribution in [-0.2, 0) is 6.42 Å². The smallest absolute Gasteiger partial charge is 0.0599 e. The van der Waals surface area contributed by atoms with E-state index < -0.39 is 0 Å². The van der Waals surface area contributed by atoms with E-state index in [2.05, 4.69) is 72.5 Å². The molecule has 0 N–H and O–H groups in total. The fourth-order valence-corrected chi connectivity index (χ4v) is 2.93. The monoisotopic (exact) mass is 273 g/mol. The molecular weight excluding hydrogens is 254 g/mol. The Morgan fingerprint density at radius 1 is 1.05 bits per heavy atom. The summed E-state index contributed by atoms with van der Waals surface area (Å²) in [6, 6.07) is 17.3. The molecule has 0 spiro atoms. The van der Waals surface area contributed by atoms with Gasteiger partial charge in [-0.05, 0) is 47.4 Å². The van der Waals surface area contributed by atoms with Gasteiger partial charge in [-0.2, -0.15) is 0 Å². The van der Waals surface area contributed by atoms with E-state index in [-0.39, 0.29) is 0 Å². The Labute approximate surface area is 126 Å². The fourth-order valence-electron chi connectivity index (χ4n) is 2.93. The zero-order valence-electron chi connectivity index (χ0n) is 12.3. The predicted molar refractivity (Wildman–Crippen MR) is 89.9 cm³/mol. The second-order valence-electron chi connectivity index (χ2n) is 5.58. The van der Waals surface area contributed by atoms with Gasteiger partial charge in [-0.3, -0.25) is 4.90 Å². The molecule has 1 nitrogen and oxygen atoms in total. The van der Waals surface area contributed by atoms with E-state index in [1.807, 2.05) is 0 Å². The van der Waals surface area contributed by atoms with Crippen LogP contribution in [0.5, 0.6) is 0 Å². The zero-order valence-corrected chi connectivity index (χ0v) is 12.3. The zero-order chi connectivity index (χ0) is 14.7. The van der Waals surface area contributed by atoms with Gasteiger partial charge >= 0.3 is 0 Å². The van der Waals surface area contributed by atoms with Crippen LogP contribution in [0.1, 0.15) is 22.3 Å². The maximum atomic E-state index is 5.43. The van der Waals surface area contributed by atoms with Crippen molar-refractivity contribution in [3.63, 3.8) is 0 Å². The summed E-state index contributed by atoms with van der Waals surface area (Å²) in [6.45, 7) is 1.54. The van der Waals surface area contributed by atoms with Gasteiger partial charge in [0.25, 0.3) is 0 Å². The van der Waals surface area contributed by atoms with Gasteiger partial charge < -0.3 is 0 Å². The van der Waals surface area contributed by atoms with Crippen molar-refractivity contribution in [2.24, 2.45) is 0 Å². The SMILES string of the molecule is C#CCN(C)CC1=Cc2ccccc2Cc2ccccc21. The second-order valence-corrected chi connectivity index (χ2v) is 5.58. The first-order valence-corrected chi connectivity index (χ1v) is 7.26. The molecule has 2 aromatic rings. The predicted octanol–water partition coefficient (Wildman–Crippen LogP) is 3.70. The average Bonchev–Trinajstić information content (AvgIpc) is 2.64. The molecule has 0 bridgehead atoms. The van der Waals surface area contributed by atoms with Gasteiger partial charge in [0.05, 0.1) is 6.54 Å². The molecule has 1 aliphatic rings. The Bertz CT molecular complexity index is 719. The highest BCUT2D eigenvalue weighted by atomic mass is 15.1. The molecule has 0 aromatic heterocycles. The molecule has 0 amide bonds. The van der Waals surface area contributed by atoms with Gasteiger partial charge in [0.15, 0.2) is 0 Å². The number of rotatable bonds is 3. The van der Waals surface area contributed by atoms with E-state index in [1.165, 1.54) is 27.8 Å². The lowest BCUT2D eigenvalue weighted by molar-refractivity contribution is 0.425. The largest absolute Gasteiger partial charge is 0.291 e. The molecule has 1 aliphatic carbocycles. The van der Waals surface area contributed by atoms with Crippen LogP contribution in [0.3, 0.4) is 0 Å². The Kier molecular flexibility index (Phi) is 3.90. The molecule has 0 heterocycles. The third kappa shape index (κ3) is 2.91. The lowest BCUT2D eigenvalue weighted by atomic mass is 9.97. The van der Waals surface area contributed by atoms with Gasteiger partial charge in [-0.25, -0.2) is 0 Å². The Balaban J connectivity index is 2.07. The standard InChI is InChI=1S/C20H19N/c1-3-12-21(2)15-19-14-17-9-5-4-8-16(17)13-18-10-6-7-11-20(18)19/h1,4-11,14H,12-13,15H2,2H3. The molecular formula is C20H19N. The number of terminal acetylenes is 1. The summed E-state index contributed by atoms with van der Waals surface area (Å²) in [7, 11) is 2.07. The third-order valence-electron chi connectivity index (χ3n) is 3.93. The Hall–Kier alpha value is -2.30. The van der Waals surface area contributed by atoms with Crippen molar-refractivity contribution < 1.29 is 0 Å². The minimum Gasteiger partial charge on any atom is -0.291 e. The molecule has 0 radical (unpaired) electrons. The number of hydrogen-bond donors (Lipinski definition) is 0. The van der Waals surface area contributed by atoms with Gasteiger partial charge in [0.1, 0.15) is 0 Å². The molecule has 21 heavy (non-hydrogen) atoms. The van der Waals surface area contributed by atoms with E-state index in [4.69, 9.17) is 6.42 Å². The maximum Gasteiger partial charge on any atom is 0.0599 e. The van der Waals surface area contributed by atoms with Crippen molar-refractivity contribution in [3.05, 3.63) is 70.8 Å². The molecule has 104 valence electrons. The van der Waals surface area contributed by atoms with Crippen molar-refractivity contribution in [2.45, 2.75) is 6.42 Å². The van der Waals surface area contributed by atoms with Crippen molar-refractivity contribution in [1.82, 2.24) is 4.90 Å². The molecule has 0 atom stereocenters. The second kappa shape index (κ2) is 5.99. The Morgan fingerprint density at radius 2 is 1.76 bits per heavy atom. The van der Waals surface area contributed by atoms with E-state index in [9.17, 15) is 0 Å². The number of likely N-dealkylation sites (N-methyl/N-ethyl adjacent to an activating group) is 1. The summed E-state index contributed by atoms with van der Waals surface area (Å²) in [5.41, 5.74) is 6.78. The highest BCUT2D eigenvalue weighted by Crippen LogP contribution is 2.30. The quantitative estimate of drug-likeness (QED) is 0.771. The highest BCUT2D eigenvalue weighted by molar-refractivity contribution is 5.86. The van der Waals surface area contributed by atoms with Crippen LogP contribution in [0.4, 0.5) is 0 Å². The summed E-state index contributed by atoms with van der Waals surface area (Å²) in [4.78, 5) is 2.18. The first-order chi connectivity index (χ1) is 10.3. The van der Waals surface area contributed by atoms with Gasteiger partial charge in [0.2, 0.25) is 0 Å². The first-order valence-electron chi connectivity index (χ1n) is 7.26.